The van der Waals surface area contributed by atoms with E-state index < -0.39 is 5.97 Å². The largest absolute Gasteiger partial charge is 0.505 e. The molecule has 108 valence electrons. The summed E-state index contributed by atoms with van der Waals surface area (Å²) in [4.78, 5) is 11.6. The van der Waals surface area contributed by atoms with Gasteiger partial charge in [0.25, 0.3) is 0 Å². The molecular formula is C15H13FN2O3. The van der Waals surface area contributed by atoms with Gasteiger partial charge in [-0.25, -0.2) is 4.79 Å². The maximum atomic E-state index is 13.7. The highest BCUT2D eigenvalue weighted by atomic mass is 19.2. The molecule has 21 heavy (non-hydrogen) atoms. The molecule has 3 rings (SSSR count). The summed E-state index contributed by atoms with van der Waals surface area (Å²) in [6.45, 7) is -0.00541. The van der Waals surface area contributed by atoms with Crippen molar-refractivity contribution >= 4 is 17.3 Å². The lowest BCUT2D eigenvalue weighted by Gasteiger charge is -2.12. The SMILES string of the molecule is COC(=O)c1cccc(-c2ccc3c(c2O)N(F)CN3)c1. The number of halogens is 1. The van der Waals surface area contributed by atoms with Crippen molar-refractivity contribution in [1.29, 1.82) is 0 Å². The molecule has 5 nitrogen and oxygen atoms in total. The Bertz CT molecular complexity index is 718. The first-order chi connectivity index (χ1) is 10.1. The number of nitrogens with one attached hydrogen (secondary N) is 1. The number of phenolic OH excluding ortho intramolecular Hbond substituents is 1. The maximum Gasteiger partial charge on any atom is 0.337 e. The highest BCUT2D eigenvalue weighted by molar-refractivity contribution is 5.93. The minimum atomic E-state index is -0.466. The van der Waals surface area contributed by atoms with Gasteiger partial charge in [0.05, 0.1) is 18.4 Å². The molecule has 1 aliphatic heterocycles. The highest BCUT2D eigenvalue weighted by Crippen LogP contribution is 2.45. The fourth-order valence-corrected chi connectivity index (χ4v) is 2.37. The molecule has 2 aromatic rings. The molecule has 0 radical (unpaired) electrons. The van der Waals surface area contributed by atoms with Gasteiger partial charge < -0.3 is 15.2 Å². The summed E-state index contributed by atoms with van der Waals surface area (Å²) in [5.74, 6) is -0.631. The normalized spacial score (nSPS) is 12.8. The predicted molar refractivity (Wildman–Crippen MR) is 77.0 cm³/mol. The van der Waals surface area contributed by atoms with E-state index in [0.717, 1.165) is 0 Å². The summed E-state index contributed by atoms with van der Waals surface area (Å²) in [6, 6.07) is 9.99. The Morgan fingerprint density at radius 3 is 2.95 bits per heavy atom. The van der Waals surface area contributed by atoms with Gasteiger partial charge in [0, 0.05) is 5.56 Å². The number of rotatable bonds is 2. The zero-order chi connectivity index (χ0) is 15.0. The molecular weight excluding hydrogens is 275 g/mol. The minimum absolute atomic E-state index is 0.00541. The number of nitrogens with zero attached hydrogens (tertiary/aromatic N) is 1. The van der Waals surface area contributed by atoms with Crippen LogP contribution in [-0.2, 0) is 4.74 Å². The van der Waals surface area contributed by atoms with Crippen LogP contribution in [0.3, 0.4) is 0 Å². The Labute approximate surface area is 120 Å². The number of benzene rings is 2. The zero-order valence-electron chi connectivity index (χ0n) is 11.3. The first kappa shape index (κ1) is 13.2. The van der Waals surface area contributed by atoms with E-state index in [4.69, 9.17) is 0 Å². The van der Waals surface area contributed by atoms with E-state index in [-0.39, 0.29) is 18.1 Å². The quantitative estimate of drug-likeness (QED) is 0.657. The van der Waals surface area contributed by atoms with E-state index in [1.165, 1.54) is 7.11 Å². The monoisotopic (exact) mass is 288 g/mol. The van der Waals surface area contributed by atoms with Crippen LogP contribution in [0, 0.1) is 0 Å². The van der Waals surface area contributed by atoms with Gasteiger partial charge in [0.15, 0.2) is 5.75 Å². The van der Waals surface area contributed by atoms with Crippen LogP contribution in [0.4, 0.5) is 15.9 Å². The highest BCUT2D eigenvalue weighted by Gasteiger charge is 2.25. The second-order valence-electron chi connectivity index (χ2n) is 4.63. The maximum absolute atomic E-state index is 13.7. The van der Waals surface area contributed by atoms with Crippen LogP contribution >= 0.6 is 0 Å². The van der Waals surface area contributed by atoms with Crippen LogP contribution in [0.2, 0.25) is 0 Å². The molecule has 1 heterocycles. The molecule has 1 aliphatic rings. The number of fused-ring (bicyclic) bond motifs is 1. The summed E-state index contributed by atoms with van der Waals surface area (Å²) in [5.41, 5.74) is 2.06. The third-order valence-electron chi connectivity index (χ3n) is 3.40. The van der Waals surface area contributed by atoms with Crippen molar-refractivity contribution < 1.29 is 19.1 Å². The molecule has 0 fully saturated rings. The standard InChI is InChI=1S/C15H13FN2O3/c1-21-15(20)10-4-2-3-9(7-10)11-5-6-12-13(14(11)19)18(16)8-17-12/h2-7,17,19H,8H2,1H3. The number of ether oxygens (including phenoxy) is 1. The van der Waals surface area contributed by atoms with Gasteiger partial charge in [-0.1, -0.05) is 16.6 Å². The number of aromatic hydroxyl groups is 1. The smallest absolute Gasteiger partial charge is 0.337 e. The van der Waals surface area contributed by atoms with Gasteiger partial charge >= 0.3 is 5.97 Å². The van der Waals surface area contributed by atoms with Gasteiger partial charge in [-0.3, -0.25) is 0 Å². The minimum Gasteiger partial charge on any atom is -0.505 e. The molecule has 0 atom stereocenters. The van der Waals surface area contributed by atoms with Gasteiger partial charge in [0.1, 0.15) is 12.4 Å². The fourth-order valence-electron chi connectivity index (χ4n) is 2.37. The molecule has 2 aromatic carbocycles. The number of methoxy groups -OCH3 is 1. The van der Waals surface area contributed by atoms with Gasteiger partial charge in [0.2, 0.25) is 0 Å². The molecule has 0 aliphatic carbocycles. The lowest BCUT2D eigenvalue weighted by molar-refractivity contribution is 0.0601. The molecule has 0 saturated carbocycles. The summed E-state index contributed by atoms with van der Waals surface area (Å²) >= 11 is 0. The van der Waals surface area contributed by atoms with Crippen LogP contribution < -0.4 is 10.4 Å². The average molecular weight is 288 g/mol. The fraction of sp³-hybridized carbons (Fsp3) is 0.133. The average Bonchev–Trinajstić information content (AvgIpc) is 2.89. The second-order valence-corrected chi connectivity index (χ2v) is 4.63. The number of hydrogen-bond donors (Lipinski definition) is 2. The number of anilines is 2. The molecule has 0 amide bonds. The van der Waals surface area contributed by atoms with Crippen LogP contribution in [-0.4, -0.2) is 24.9 Å². The lowest BCUT2D eigenvalue weighted by Crippen LogP contribution is -2.10. The summed E-state index contributed by atoms with van der Waals surface area (Å²) in [5, 5.41) is 13.6. The van der Waals surface area contributed by atoms with Gasteiger partial charge in [-0.2, -0.15) is 5.12 Å². The first-order valence-electron chi connectivity index (χ1n) is 6.33. The Morgan fingerprint density at radius 1 is 1.38 bits per heavy atom. The van der Waals surface area contributed by atoms with Crippen molar-refractivity contribution in [3.63, 3.8) is 0 Å². The number of carbonyl (C=O) groups is 1. The number of hydrogen-bond acceptors (Lipinski definition) is 5. The summed E-state index contributed by atoms with van der Waals surface area (Å²) in [7, 11) is 1.30. The van der Waals surface area contributed by atoms with Crippen molar-refractivity contribution in [2.45, 2.75) is 0 Å². The summed E-state index contributed by atoms with van der Waals surface area (Å²) in [6.07, 6.45) is 0. The van der Waals surface area contributed by atoms with Crippen LogP contribution in [0.5, 0.6) is 5.75 Å². The van der Waals surface area contributed by atoms with E-state index in [2.05, 4.69) is 10.1 Å². The molecule has 0 aromatic heterocycles. The third-order valence-corrected chi connectivity index (χ3v) is 3.40. The topological polar surface area (TPSA) is 61.8 Å². The van der Waals surface area contributed by atoms with E-state index in [9.17, 15) is 14.4 Å². The van der Waals surface area contributed by atoms with Crippen LogP contribution in [0.25, 0.3) is 11.1 Å². The third kappa shape index (κ3) is 2.14. The Hall–Kier alpha value is -2.76. The van der Waals surface area contributed by atoms with Crippen LogP contribution in [0.15, 0.2) is 36.4 Å². The van der Waals surface area contributed by atoms with E-state index in [1.54, 1.807) is 36.4 Å². The number of phenols is 1. The number of esters is 1. The zero-order valence-corrected chi connectivity index (χ0v) is 11.3. The van der Waals surface area contributed by atoms with Crippen molar-refractivity contribution in [2.24, 2.45) is 0 Å². The van der Waals surface area contributed by atoms with E-state index in [1.807, 2.05) is 0 Å². The second kappa shape index (κ2) is 4.97. The predicted octanol–water partition coefficient (Wildman–Crippen LogP) is 2.92. The molecule has 2 N–H and O–H groups in total. The lowest BCUT2D eigenvalue weighted by atomic mass is 10.0. The van der Waals surface area contributed by atoms with Crippen molar-refractivity contribution in [3.8, 4) is 16.9 Å². The van der Waals surface area contributed by atoms with Gasteiger partial charge in [-0.05, 0) is 29.8 Å². The molecule has 6 heteroatoms. The molecule has 0 spiro atoms. The van der Waals surface area contributed by atoms with Crippen molar-refractivity contribution in [2.75, 3.05) is 24.2 Å². The summed E-state index contributed by atoms with van der Waals surface area (Å²) < 4.78 is 18.3. The van der Waals surface area contributed by atoms with Crippen molar-refractivity contribution in [1.82, 2.24) is 0 Å². The Kier molecular flexibility index (Phi) is 3.13. The number of carbonyl (C=O) groups excluding carboxylic acids is 1. The molecule has 0 unspecified atom stereocenters. The van der Waals surface area contributed by atoms with E-state index >= 15 is 0 Å². The van der Waals surface area contributed by atoms with Gasteiger partial charge in [-0.15, -0.1) is 0 Å². The Morgan fingerprint density at radius 2 is 2.19 bits per heavy atom. The molecule has 0 bridgehead atoms. The van der Waals surface area contributed by atoms with Crippen LogP contribution in [0.1, 0.15) is 10.4 Å². The van der Waals surface area contributed by atoms with E-state index in [0.29, 0.717) is 27.5 Å². The first-order valence-corrected chi connectivity index (χ1v) is 6.33. The van der Waals surface area contributed by atoms with Crippen molar-refractivity contribution in [3.05, 3.63) is 42.0 Å². The Balaban J connectivity index is 2.10. The molecule has 0 saturated heterocycles.